The van der Waals surface area contributed by atoms with Gasteiger partial charge in [-0.2, -0.15) is 0 Å². The number of nitrogens with one attached hydrogen (secondary N) is 1. The third-order valence-electron chi connectivity index (χ3n) is 6.18. The second kappa shape index (κ2) is 10.0. The normalized spacial score (nSPS) is 17.4. The van der Waals surface area contributed by atoms with Crippen LogP contribution in [0.5, 0.6) is 5.75 Å². The molecule has 0 aromatic heterocycles. The number of ether oxygens (including phenoxy) is 1. The Balaban J connectivity index is 1.52. The number of alkyl halides is 2. The van der Waals surface area contributed by atoms with Crippen molar-refractivity contribution in [1.82, 2.24) is 5.32 Å². The summed E-state index contributed by atoms with van der Waals surface area (Å²) in [6, 6.07) is 31.8. The first-order valence-electron chi connectivity index (χ1n) is 11.2. The van der Waals surface area contributed by atoms with Gasteiger partial charge < -0.3 is 9.64 Å². The molecule has 4 aromatic carbocycles. The second-order valence-corrected chi connectivity index (χ2v) is 8.92. The zero-order valence-electron chi connectivity index (χ0n) is 18.3. The molecule has 5 heteroatoms. The smallest absolute Gasteiger partial charge is 0.177 e. The molecule has 33 heavy (non-hydrogen) atoms. The van der Waals surface area contributed by atoms with E-state index in [1.165, 1.54) is 21.9 Å². The summed E-state index contributed by atoms with van der Waals surface area (Å²) in [6.07, 6.45) is -0.257. The predicted octanol–water partition coefficient (Wildman–Crippen LogP) is 6.89. The third kappa shape index (κ3) is 4.54. The fraction of sp³-hybridized carbons (Fsp3) is 0.214. The summed E-state index contributed by atoms with van der Waals surface area (Å²) in [6.45, 7) is 1.53. The van der Waals surface area contributed by atoms with Crippen LogP contribution in [0.15, 0.2) is 91.0 Å². The van der Waals surface area contributed by atoms with Crippen LogP contribution in [-0.2, 0) is 0 Å². The number of benzene rings is 4. The van der Waals surface area contributed by atoms with E-state index in [1.54, 1.807) is 0 Å². The summed E-state index contributed by atoms with van der Waals surface area (Å²) in [7, 11) is 0. The van der Waals surface area contributed by atoms with E-state index in [9.17, 15) is 0 Å². The highest BCUT2D eigenvalue weighted by molar-refractivity contribution is 6.18. The standard InChI is InChI=1S/C28H26Cl2N2O/c29-16-18-32(19-17-30)23-13-10-22(11-14-23)28-31-27(21-7-2-1-3-8-21)26-24-9-5-4-6-20(24)12-15-25(26)33-28/h1-15,27-28,31H,16-19H2/t27-,28+/m1/s1. The number of hydrogen-bond acceptors (Lipinski definition) is 3. The Kier molecular flexibility index (Phi) is 6.73. The van der Waals surface area contributed by atoms with Gasteiger partial charge in [-0.15, -0.1) is 23.2 Å². The summed E-state index contributed by atoms with van der Waals surface area (Å²) >= 11 is 12.0. The summed E-state index contributed by atoms with van der Waals surface area (Å²) in [5, 5.41) is 6.18. The van der Waals surface area contributed by atoms with Gasteiger partial charge in [-0.1, -0.05) is 72.8 Å². The Hall–Kier alpha value is -2.72. The van der Waals surface area contributed by atoms with E-state index in [2.05, 4.69) is 101 Å². The number of nitrogens with zero attached hydrogens (tertiary/aromatic N) is 1. The fourth-order valence-electron chi connectivity index (χ4n) is 4.58. The van der Waals surface area contributed by atoms with Gasteiger partial charge in [0.25, 0.3) is 0 Å². The van der Waals surface area contributed by atoms with Crippen molar-refractivity contribution < 1.29 is 4.74 Å². The molecule has 0 spiro atoms. The Morgan fingerprint density at radius 3 is 2.15 bits per heavy atom. The van der Waals surface area contributed by atoms with Crippen molar-refractivity contribution in [2.24, 2.45) is 0 Å². The molecule has 1 aliphatic heterocycles. The van der Waals surface area contributed by atoms with Crippen LogP contribution in [0.2, 0.25) is 0 Å². The van der Waals surface area contributed by atoms with Crippen molar-refractivity contribution in [1.29, 1.82) is 0 Å². The lowest BCUT2D eigenvalue weighted by Gasteiger charge is -2.35. The van der Waals surface area contributed by atoms with Crippen LogP contribution >= 0.6 is 23.2 Å². The summed E-state index contributed by atoms with van der Waals surface area (Å²) < 4.78 is 6.51. The maximum Gasteiger partial charge on any atom is 0.177 e. The molecule has 2 atom stereocenters. The number of anilines is 1. The molecule has 0 fully saturated rings. The Morgan fingerprint density at radius 2 is 1.42 bits per heavy atom. The lowest BCUT2D eigenvalue weighted by molar-refractivity contribution is 0.134. The molecular weight excluding hydrogens is 451 g/mol. The van der Waals surface area contributed by atoms with Crippen molar-refractivity contribution in [2.45, 2.75) is 12.3 Å². The summed E-state index contributed by atoms with van der Waals surface area (Å²) in [4.78, 5) is 2.20. The first-order valence-corrected chi connectivity index (χ1v) is 12.3. The average Bonchev–Trinajstić information content (AvgIpc) is 2.88. The van der Waals surface area contributed by atoms with Crippen molar-refractivity contribution in [3.8, 4) is 5.75 Å². The molecule has 0 amide bonds. The summed E-state index contributed by atoms with van der Waals surface area (Å²) in [5.74, 6) is 2.05. The Morgan fingerprint density at radius 1 is 0.727 bits per heavy atom. The molecular formula is C28H26Cl2N2O. The van der Waals surface area contributed by atoms with Crippen LogP contribution in [0, 0.1) is 0 Å². The van der Waals surface area contributed by atoms with Crippen LogP contribution in [-0.4, -0.2) is 24.8 Å². The van der Waals surface area contributed by atoms with Crippen molar-refractivity contribution in [2.75, 3.05) is 29.7 Å². The highest BCUT2D eigenvalue weighted by atomic mass is 35.5. The summed E-state index contributed by atoms with van der Waals surface area (Å²) in [5.41, 5.74) is 4.59. The number of halogens is 2. The molecule has 5 rings (SSSR count). The van der Waals surface area contributed by atoms with E-state index >= 15 is 0 Å². The largest absolute Gasteiger partial charge is 0.471 e. The zero-order chi connectivity index (χ0) is 22.6. The molecule has 168 valence electrons. The maximum absolute atomic E-state index is 6.51. The van der Waals surface area contributed by atoms with E-state index in [-0.39, 0.29) is 12.3 Å². The van der Waals surface area contributed by atoms with Crippen molar-refractivity contribution in [3.63, 3.8) is 0 Å². The molecule has 0 radical (unpaired) electrons. The van der Waals surface area contributed by atoms with Gasteiger partial charge >= 0.3 is 0 Å². The molecule has 1 aliphatic rings. The highest BCUT2D eigenvalue weighted by Crippen LogP contribution is 2.42. The maximum atomic E-state index is 6.51. The van der Waals surface area contributed by atoms with Crippen molar-refractivity contribution >= 4 is 39.7 Å². The van der Waals surface area contributed by atoms with E-state index in [4.69, 9.17) is 27.9 Å². The number of hydrogen-bond donors (Lipinski definition) is 1. The monoisotopic (exact) mass is 476 g/mol. The zero-order valence-corrected chi connectivity index (χ0v) is 19.8. The van der Waals surface area contributed by atoms with E-state index in [1.807, 2.05) is 0 Å². The Bertz CT molecular complexity index is 1210. The lowest BCUT2D eigenvalue weighted by Crippen LogP contribution is -2.35. The molecule has 4 aromatic rings. The topological polar surface area (TPSA) is 24.5 Å². The van der Waals surface area contributed by atoms with Gasteiger partial charge in [-0.25, -0.2) is 0 Å². The minimum absolute atomic E-state index is 0.0229. The lowest BCUT2D eigenvalue weighted by atomic mass is 9.91. The van der Waals surface area contributed by atoms with Crippen LogP contribution in [0.1, 0.15) is 29.0 Å². The quantitative estimate of drug-likeness (QED) is 0.293. The van der Waals surface area contributed by atoms with Gasteiger partial charge in [-0.05, 0) is 34.5 Å². The molecule has 0 bridgehead atoms. The van der Waals surface area contributed by atoms with Crippen LogP contribution in [0.4, 0.5) is 5.69 Å². The van der Waals surface area contributed by atoms with Gasteiger partial charge in [0, 0.05) is 41.7 Å². The molecule has 3 nitrogen and oxygen atoms in total. The van der Waals surface area contributed by atoms with Gasteiger partial charge in [0.05, 0.1) is 6.04 Å². The third-order valence-corrected chi connectivity index (χ3v) is 6.52. The minimum Gasteiger partial charge on any atom is -0.471 e. The SMILES string of the molecule is ClCCN(CCCl)c1ccc([C@H]2N[C@H](c3ccccc3)c3c(ccc4ccccc34)O2)cc1. The van der Waals surface area contributed by atoms with E-state index in [0.29, 0.717) is 11.8 Å². The van der Waals surface area contributed by atoms with Gasteiger partial charge in [-0.3, -0.25) is 5.32 Å². The fourth-order valence-corrected chi connectivity index (χ4v) is 4.99. The second-order valence-electron chi connectivity index (χ2n) is 8.16. The first-order chi connectivity index (χ1) is 16.3. The highest BCUT2D eigenvalue weighted by Gasteiger charge is 2.31. The first kappa shape index (κ1) is 22.1. The van der Waals surface area contributed by atoms with Crippen LogP contribution in [0.25, 0.3) is 10.8 Å². The Labute approximate surface area is 204 Å². The molecule has 1 N–H and O–H groups in total. The molecule has 0 saturated heterocycles. The number of rotatable bonds is 7. The molecule has 0 aliphatic carbocycles. The number of fused-ring (bicyclic) bond motifs is 3. The van der Waals surface area contributed by atoms with E-state index in [0.717, 1.165) is 30.1 Å². The minimum atomic E-state index is -0.257. The molecule has 1 heterocycles. The van der Waals surface area contributed by atoms with Crippen LogP contribution < -0.4 is 15.0 Å². The molecule has 0 unspecified atom stereocenters. The van der Waals surface area contributed by atoms with Gasteiger partial charge in [0.1, 0.15) is 5.75 Å². The predicted molar refractivity (Wildman–Crippen MR) is 139 cm³/mol. The van der Waals surface area contributed by atoms with Crippen LogP contribution in [0.3, 0.4) is 0 Å². The average molecular weight is 477 g/mol. The van der Waals surface area contributed by atoms with Crippen molar-refractivity contribution in [3.05, 3.63) is 108 Å². The van der Waals surface area contributed by atoms with E-state index < -0.39 is 0 Å². The molecule has 0 saturated carbocycles. The van der Waals surface area contributed by atoms with Gasteiger partial charge in [0.2, 0.25) is 0 Å². The van der Waals surface area contributed by atoms with Gasteiger partial charge in [0.15, 0.2) is 6.23 Å².